The SMILES string of the molecule is Nc1nc2nc(-c3ccc(F)c(F)c3)[nH]c2c(=O)[nH]1. The van der Waals surface area contributed by atoms with Crippen LogP contribution >= 0.6 is 0 Å². The highest BCUT2D eigenvalue weighted by molar-refractivity contribution is 5.75. The van der Waals surface area contributed by atoms with E-state index in [4.69, 9.17) is 5.73 Å². The van der Waals surface area contributed by atoms with Gasteiger partial charge in [0.2, 0.25) is 5.95 Å². The Hall–Kier alpha value is -2.77. The number of rotatable bonds is 1. The molecule has 0 saturated heterocycles. The van der Waals surface area contributed by atoms with Crippen molar-refractivity contribution in [3.63, 3.8) is 0 Å². The second-order valence-electron chi connectivity index (χ2n) is 3.86. The second-order valence-corrected chi connectivity index (χ2v) is 3.86. The van der Waals surface area contributed by atoms with Crippen molar-refractivity contribution in [2.45, 2.75) is 0 Å². The number of aromatic nitrogens is 4. The fourth-order valence-electron chi connectivity index (χ4n) is 1.70. The topological polar surface area (TPSA) is 100 Å². The maximum absolute atomic E-state index is 13.1. The van der Waals surface area contributed by atoms with Gasteiger partial charge >= 0.3 is 0 Å². The summed E-state index contributed by atoms with van der Waals surface area (Å²) in [7, 11) is 0. The number of nitrogens with one attached hydrogen (secondary N) is 2. The second kappa shape index (κ2) is 3.87. The zero-order valence-electron chi connectivity index (χ0n) is 9.37. The number of aromatic amines is 2. The summed E-state index contributed by atoms with van der Waals surface area (Å²) in [6.45, 7) is 0. The average molecular weight is 263 g/mol. The van der Waals surface area contributed by atoms with Gasteiger partial charge in [0.1, 0.15) is 5.82 Å². The molecule has 96 valence electrons. The van der Waals surface area contributed by atoms with Gasteiger partial charge < -0.3 is 10.7 Å². The van der Waals surface area contributed by atoms with E-state index in [1.807, 2.05) is 0 Å². The predicted molar refractivity (Wildman–Crippen MR) is 64.3 cm³/mol. The number of nitrogen functional groups attached to an aromatic ring is 1. The molecule has 2 aromatic heterocycles. The Balaban J connectivity index is 2.23. The van der Waals surface area contributed by atoms with E-state index < -0.39 is 17.2 Å². The summed E-state index contributed by atoms with van der Waals surface area (Å²) in [6.07, 6.45) is 0. The normalized spacial score (nSPS) is 11.1. The van der Waals surface area contributed by atoms with Crippen LogP contribution < -0.4 is 11.3 Å². The van der Waals surface area contributed by atoms with E-state index in [2.05, 4.69) is 19.9 Å². The van der Waals surface area contributed by atoms with Crippen LogP contribution in [0.5, 0.6) is 0 Å². The van der Waals surface area contributed by atoms with Crippen molar-refractivity contribution in [1.82, 2.24) is 19.9 Å². The Morgan fingerprint density at radius 2 is 1.89 bits per heavy atom. The summed E-state index contributed by atoms with van der Waals surface area (Å²) >= 11 is 0. The van der Waals surface area contributed by atoms with Gasteiger partial charge in [0.25, 0.3) is 5.56 Å². The molecule has 0 aliphatic carbocycles. The Morgan fingerprint density at radius 3 is 2.63 bits per heavy atom. The van der Waals surface area contributed by atoms with Crippen LogP contribution in [0, 0.1) is 11.6 Å². The molecule has 0 fully saturated rings. The first-order valence-corrected chi connectivity index (χ1v) is 5.25. The smallest absolute Gasteiger partial charge is 0.278 e. The molecule has 0 unspecified atom stereocenters. The van der Waals surface area contributed by atoms with Gasteiger partial charge in [-0.15, -0.1) is 0 Å². The number of nitrogens with two attached hydrogens (primary N) is 1. The lowest BCUT2D eigenvalue weighted by molar-refractivity contribution is 0.509. The number of H-pyrrole nitrogens is 2. The first kappa shape index (κ1) is 11.3. The van der Waals surface area contributed by atoms with Gasteiger partial charge in [0.15, 0.2) is 22.8 Å². The highest BCUT2D eigenvalue weighted by Gasteiger charge is 2.12. The molecule has 8 heteroatoms. The Kier molecular flexibility index (Phi) is 2.31. The molecule has 0 aliphatic rings. The summed E-state index contributed by atoms with van der Waals surface area (Å²) in [5.74, 6) is -1.82. The highest BCUT2D eigenvalue weighted by Crippen LogP contribution is 2.20. The monoisotopic (exact) mass is 263 g/mol. The van der Waals surface area contributed by atoms with Crippen LogP contribution in [-0.2, 0) is 0 Å². The zero-order chi connectivity index (χ0) is 13.6. The number of benzene rings is 1. The molecule has 4 N–H and O–H groups in total. The number of anilines is 1. The lowest BCUT2D eigenvalue weighted by atomic mass is 10.2. The Labute approximate surface area is 104 Å². The molecule has 0 atom stereocenters. The van der Waals surface area contributed by atoms with Crippen LogP contribution in [0.3, 0.4) is 0 Å². The summed E-state index contributed by atoms with van der Waals surface area (Å²) in [6, 6.07) is 3.29. The zero-order valence-corrected chi connectivity index (χ0v) is 9.37. The molecule has 3 rings (SSSR count). The van der Waals surface area contributed by atoms with Crippen LogP contribution in [0.1, 0.15) is 0 Å². The Bertz CT molecular complexity index is 839. The van der Waals surface area contributed by atoms with Gasteiger partial charge in [-0.2, -0.15) is 4.98 Å². The lowest BCUT2D eigenvalue weighted by Crippen LogP contribution is -2.10. The van der Waals surface area contributed by atoms with E-state index in [1.54, 1.807) is 0 Å². The largest absolute Gasteiger partial charge is 0.369 e. The lowest BCUT2D eigenvalue weighted by Gasteiger charge is -1.97. The third-order valence-corrected chi connectivity index (χ3v) is 2.57. The summed E-state index contributed by atoms with van der Waals surface area (Å²) < 4.78 is 26.0. The van der Waals surface area contributed by atoms with E-state index in [1.165, 1.54) is 6.07 Å². The summed E-state index contributed by atoms with van der Waals surface area (Å²) in [5, 5.41) is 0. The highest BCUT2D eigenvalue weighted by atomic mass is 19.2. The fraction of sp³-hybridized carbons (Fsp3) is 0. The van der Waals surface area contributed by atoms with E-state index in [9.17, 15) is 13.6 Å². The van der Waals surface area contributed by atoms with Crippen molar-refractivity contribution >= 4 is 17.1 Å². The Morgan fingerprint density at radius 1 is 1.11 bits per heavy atom. The van der Waals surface area contributed by atoms with Gasteiger partial charge in [0.05, 0.1) is 0 Å². The van der Waals surface area contributed by atoms with Crippen molar-refractivity contribution in [3.8, 4) is 11.4 Å². The summed E-state index contributed by atoms with van der Waals surface area (Å²) in [4.78, 5) is 24.4. The molecule has 2 heterocycles. The number of hydrogen-bond acceptors (Lipinski definition) is 4. The predicted octanol–water partition coefficient (Wildman–Crippen LogP) is 1.17. The van der Waals surface area contributed by atoms with Crippen molar-refractivity contribution in [3.05, 3.63) is 40.2 Å². The van der Waals surface area contributed by atoms with Crippen molar-refractivity contribution in [2.75, 3.05) is 5.73 Å². The van der Waals surface area contributed by atoms with Crippen LogP contribution in [0.15, 0.2) is 23.0 Å². The van der Waals surface area contributed by atoms with Gasteiger partial charge in [0, 0.05) is 5.56 Å². The number of nitrogens with zero attached hydrogens (tertiary/aromatic N) is 2. The van der Waals surface area contributed by atoms with E-state index in [0.717, 1.165) is 12.1 Å². The molecule has 19 heavy (non-hydrogen) atoms. The van der Waals surface area contributed by atoms with Gasteiger partial charge in [-0.25, -0.2) is 13.8 Å². The van der Waals surface area contributed by atoms with E-state index in [0.29, 0.717) is 5.56 Å². The van der Waals surface area contributed by atoms with Crippen LogP contribution in [0.2, 0.25) is 0 Å². The minimum absolute atomic E-state index is 0.0687. The van der Waals surface area contributed by atoms with E-state index >= 15 is 0 Å². The van der Waals surface area contributed by atoms with Crippen molar-refractivity contribution in [2.24, 2.45) is 0 Å². The number of halogens is 2. The van der Waals surface area contributed by atoms with Crippen molar-refractivity contribution in [1.29, 1.82) is 0 Å². The number of hydrogen-bond donors (Lipinski definition) is 3. The number of fused-ring (bicyclic) bond motifs is 1. The van der Waals surface area contributed by atoms with Crippen molar-refractivity contribution < 1.29 is 8.78 Å². The standard InChI is InChI=1S/C11H7F2N5O/c12-5-2-1-4(3-6(5)13)8-15-7-9(16-8)17-11(14)18-10(7)19/h1-3H,(H4,14,15,16,17,18,19). The summed E-state index contributed by atoms with van der Waals surface area (Å²) in [5.41, 5.74) is 5.44. The van der Waals surface area contributed by atoms with Gasteiger partial charge in [-0.1, -0.05) is 0 Å². The average Bonchev–Trinajstić information content (AvgIpc) is 2.76. The molecule has 0 spiro atoms. The molecular weight excluding hydrogens is 256 g/mol. The molecule has 0 aliphatic heterocycles. The molecule has 0 saturated carbocycles. The minimum atomic E-state index is -1.00. The third kappa shape index (κ3) is 1.82. The van der Waals surface area contributed by atoms with E-state index in [-0.39, 0.29) is 22.9 Å². The molecule has 1 aromatic carbocycles. The minimum Gasteiger partial charge on any atom is -0.369 e. The number of imidazole rings is 1. The maximum atomic E-state index is 13.1. The first-order valence-electron chi connectivity index (χ1n) is 5.25. The molecule has 0 bridgehead atoms. The molecule has 3 aromatic rings. The van der Waals surface area contributed by atoms with Gasteiger partial charge in [-0.3, -0.25) is 9.78 Å². The molecule has 0 amide bonds. The first-order chi connectivity index (χ1) is 9.04. The van der Waals surface area contributed by atoms with Crippen LogP contribution in [0.4, 0.5) is 14.7 Å². The molecule has 0 radical (unpaired) electrons. The molecule has 6 nitrogen and oxygen atoms in total. The van der Waals surface area contributed by atoms with Crippen LogP contribution in [-0.4, -0.2) is 19.9 Å². The molecular formula is C11H7F2N5O. The quantitative estimate of drug-likeness (QED) is 0.613. The third-order valence-electron chi connectivity index (χ3n) is 2.57. The van der Waals surface area contributed by atoms with Crippen LogP contribution in [0.25, 0.3) is 22.6 Å². The fourth-order valence-corrected chi connectivity index (χ4v) is 1.70. The van der Waals surface area contributed by atoms with Gasteiger partial charge in [-0.05, 0) is 18.2 Å². The maximum Gasteiger partial charge on any atom is 0.278 e.